The summed E-state index contributed by atoms with van der Waals surface area (Å²) in [6, 6.07) is 16.0. The minimum absolute atomic E-state index is 0.176. The highest BCUT2D eigenvalue weighted by atomic mass is 16.3. The summed E-state index contributed by atoms with van der Waals surface area (Å²) in [5, 5.41) is 5.56. The van der Waals surface area contributed by atoms with E-state index in [0.29, 0.717) is 13.0 Å². The Morgan fingerprint density at radius 1 is 0.969 bits per heavy atom. The standard InChI is InChI=1S/C25H25N3O4/c1-16-7-5-8-17(2)23(16)27-22(29)14-26-24(30)20-13-18-9-3-4-10-19(18)15-28(20)25(31)21-11-6-12-32-21/h3-12,20H,13-15H2,1-2H3,(H,26,30)(H,27,29). The molecule has 1 aliphatic rings. The van der Waals surface area contributed by atoms with E-state index in [-0.39, 0.29) is 30.0 Å². The van der Waals surface area contributed by atoms with E-state index >= 15 is 0 Å². The molecule has 3 amide bonds. The van der Waals surface area contributed by atoms with Gasteiger partial charge in [-0.05, 0) is 48.2 Å². The Bertz CT molecular complexity index is 1130. The first-order valence-electron chi connectivity index (χ1n) is 10.5. The lowest BCUT2D eigenvalue weighted by Crippen LogP contribution is -2.53. The van der Waals surface area contributed by atoms with E-state index in [9.17, 15) is 14.4 Å². The number of hydrogen-bond acceptors (Lipinski definition) is 4. The van der Waals surface area contributed by atoms with E-state index < -0.39 is 6.04 Å². The summed E-state index contributed by atoms with van der Waals surface area (Å²) in [6.07, 6.45) is 1.80. The first kappa shape index (κ1) is 21.4. The van der Waals surface area contributed by atoms with Gasteiger partial charge in [0.25, 0.3) is 5.91 Å². The first-order valence-corrected chi connectivity index (χ1v) is 10.5. The maximum atomic E-state index is 13.1. The zero-order chi connectivity index (χ0) is 22.7. The van der Waals surface area contributed by atoms with Gasteiger partial charge in [0, 0.05) is 18.7 Å². The highest BCUT2D eigenvalue weighted by Gasteiger charge is 2.36. The molecule has 1 aromatic heterocycles. The molecule has 0 bridgehead atoms. The Morgan fingerprint density at radius 3 is 2.38 bits per heavy atom. The number of carbonyl (C=O) groups is 3. The maximum absolute atomic E-state index is 13.1. The fourth-order valence-corrected chi connectivity index (χ4v) is 3.99. The Balaban J connectivity index is 1.47. The molecule has 2 N–H and O–H groups in total. The highest BCUT2D eigenvalue weighted by Crippen LogP contribution is 2.25. The molecule has 1 unspecified atom stereocenters. The van der Waals surface area contributed by atoms with E-state index in [1.54, 1.807) is 12.1 Å². The summed E-state index contributed by atoms with van der Waals surface area (Å²) in [4.78, 5) is 40.1. The van der Waals surface area contributed by atoms with Crippen LogP contribution in [-0.4, -0.2) is 35.2 Å². The average molecular weight is 431 g/mol. The molecule has 0 saturated carbocycles. The average Bonchev–Trinajstić information content (AvgIpc) is 3.33. The zero-order valence-electron chi connectivity index (χ0n) is 18.1. The fraction of sp³-hybridized carbons (Fsp3) is 0.240. The van der Waals surface area contributed by atoms with Gasteiger partial charge in [0.2, 0.25) is 11.8 Å². The number of furan rings is 1. The molecule has 7 nitrogen and oxygen atoms in total. The van der Waals surface area contributed by atoms with Crippen molar-refractivity contribution in [2.45, 2.75) is 32.9 Å². The minimum Gasteiger partial charge on any atom is -0.459 e. The molecule has 1 aliphatic heterocycles. The summed E-state index contributed by atoms with van der Waals surface area (Å²) in [5.74, 6) is -0.883. The zero-order valence-corrected chi connectivity index (χ0v) is 18.1. The van der Waals surface area contributed by atoms with Gasteiger partial charge in [-0.2, -0.15) is 0 Å². The number of nitrogens with one attached hydrogen (secondary N) is 2. The Hall–Kier alpha value is -3.87. The maximum Gasteiger partial charge on any atom is 0.290 e. The Morgan fingerprint density at radius 2 is 1.69 bits per heavy atom. The van der Waals surface area contributed by atoms with E-state index in [0.717, 1.165) is 27.9 Å². The Labute approximate surface area is 186 Å². The van der Waals surface area contributed by atoms with Crippen molar-refractivity contribution < 1.29 is 18.8 Å². The molecule has 3 aromatic rings. The second-order valence-electron chi connectivity index (χ2n) is 7.93. The topological polar surface area (TPSA) is 91.7 Å². The van der Waals surface area contributed by atoms with Crippen LogP contribution in [0.2, 0.25) is 0 Å². The summed E-state index contributed by atoms with van der Waals surface area (Å²) in [5.41, 5.74) is 4.64. The van der Waals surface area contributed by atoms with E-state index in [4.69, 9.17) is 4.42 Å². The second-order valence-corrected chi connectivity index (χ2v) is 7.93. The number of rotatable bonds is 5. The van der Waals surface area contributed by atoms with Crippen molar-refractivity contribution in [1.29, 1.82) is 0 Å². The van der Waals surface area contributed by atoms with Crippen molar-refractivity contribution in [2.75, 3.05) is 11.9 Å². The molecule has 1 atom stereocenters. The molecule has 164 valence electrons. The quantitative estimate of drug-likeness (QED) is 0.649. The van der Waals surface area contributed by atoms with Gasteiger partial charge in [0.15, 0.2) is 5.76 Å². The van der Waals surface area contributed by atoms with Crippen LogP contribution in [0.3, 0.4) is 0 Å². The summed E-state index contributed by atoms with van der Waals surface area (Å²) in [7, 11) is 0. The second kappa shape index (κ2) is 9.09. The van der Waals surface area contributed by atoms with Gasteiger partial charge in [-0.1, -0.05) is 42.5 Å². The van der Waals surface area contributed by atoms with Crippen LogP contribution in [0.1, 0.15) is 32.8 Å². The number of carbonyl (C=O) groups excluding carboxylic acids is 3. The van der Waals surface area contributed by atoms with Crippen LogP contribution in [0.5, 0.6) is 0 Å². The number of benzene rings is 2. The number of para-hydroxylation sites is 1. The number of anilines is 1. The highest BCUT2D eigenvalue weighted by molar-refractivity contribution is 5.99. The van der Waals surface area contributed by atoms with Gasteiger partial charge in [0.1, 0.15) is 6.04 Å². The monoisotopic (exact) mass is 431 g/mol. The van der Waals surface area contributed by atoms with Crippen LogP contribution >= 0.6 is 0 Å². The van der Waals surface area contributed by atoms with Crippen LogP contribution in [0.25, 0.3) is 0 Å². The van der Waals surface area contributed by atoms with Crippen molar-refractivity contribution in [1.82, 2.24) is 10.2 Å². The van der Waals surface area contributed by atoms with Crippen LogP contribution in [0.4, 0.5) is 5.69 Å². The summed E-state index contributed by atoms with van der Waals surface area (Å²) < 4.78 is 5.26. The number of nitrogens with zero attached hydrogens (tertiary/aromatic N) is 1. The van der Waals surface area contributed by atoms with Crippen LogP contribution in [0, 0.1) is 13.8 Å². The number of fused-ring (bicyclic) bond motifs is 1. The first-order chi connectivity index (χ1) is 15.4. The van der Waals surface area contributed by atoms with Crippen molar-refractivity contribution in [3.63, 3.8) is 0 Å². The number of aryl methyl sites for hydroxylation is 2. The van der Waals surface area contributed by atoms with Crippen molar-refractivity contribution in [3.05, 3.63) is 88.9 Å². The van der Waals surface area contributed by atoms with Crippen molar-refractivity contribution in [2.24, 2.45) is 0 Å². The molecule has 0 aliphatic carbocycles. The SMILES string of the molecule is Cc1cccc(C)c1NC(=O)CNC(=O)C1Cc2ccccc2CN1C(=O)c1ccco1. The van der Waals surface area contributed by atoms with Gasteiger partial charge in [-0.3, -0.25) is 14.4 Å². The van der Waals surface area contributed by atoms with Crippen LogP contribution in [0.15, 0.2) is 65.3 Å². The van der Waals surface area contributed by atoms with Gasteiger partial charge >= 0.3 is 0 Å². The molecule has 0 saturated heterocycles. The lowest BCUT2D eigenvalue weighted by Gasteiger charge is -2.35. The van der Waals surface area contributed by atoms with Crippen LogP contribution < -0.4 is 10.6 Å². The molecule has 7 heteroatoms. The predicted octanol–water partition coefficient (Wildman–Crippen LogP) is 3.22. The summed E-state index contributed by atoms with van der Waals surface area (Å²) >= 11 is 0. The van der Waals surface area contributed by atoms with Gasteiger partial charge in [0.05, 0.1) is 12.8 Å². The van der Waals surface area contributed by atoms with Gasteiger partial charge in [-0.25, -0.2) is 0 Å². The molecule has 4 rings (SSSR count). The van der Waals surface area contributed by atoms with E-state index in [1.165, 1.54) is 11.2 Å². The van der Waals surface area contributed by atoms with E-state index in [2.05, 4.69) is 10.6 Å². The normalized spacial score (nSPS) is 15.1. The molecule has 2 aromatic carbocycles. The minimum atomic E-state index is -0.740. The molecule has 2 heterocycles. The largest absolute Gasteiger partial charge is 0.459 e. The molecular formula is C25H25N3O4. The van der Waals surface area contributed by atoms with Crippen molar-refractivity contribution in [3.8, 4) is 0 Å². The lowest BCUT2D eigenvalue weighted by molar-refractivity contribution is -0.128. The fourth-order valence-electron chi connectivity index (χ4n) is 3.99. The lowest BCUT2D eigenvalue weighted by atomic mass is 9.93. The molecule has 0 fully saturated rings. The Kier molecular flexibility index (Phi) is 6.07. The third kappa shape index (κ3) is 4.42. The molecule has 32 heavy (non-hydrogen) atoms. The predicted molar refractivity (Wildman–Crippen MR) is 120 cm³/mol. The number of hydrogen-bond donors (Lipinski definition) is 2. The van der Waals surface area contributed by atoms with Crippen LogP contribution in [-0.2, 0) is 22.6 Å². The van der Waals surface area contributed by atoms with Gasteiger partial charge in [-0.15, -0.1) is 0 Å². The van der Waals surface area contributed by atoms with E-state index in [1.807, 2.05) is 56.3 Å². The molecule has 0 spiro atoms. The smallest absolute Gasteiger partial charge is 0.290 e. The van der Waals surface area contributed by atoms with Gasteiger partial charge < -0.3 is 20.0 Å². The molecular weight excluding hydrogens is 406 g/mol. The molecule has 0 radical (unpaired) electrons. The third-order valence-electron chi connectivity index (χ3n) is 5.71. The third-order valence-corrected chi connectivity index (χ3v) is 5.71. The summed E-state index contributed by atoms with van der Waals surface area (Å²) in [6.45, 7) is 3.94. The van der Waals surface area contributed by atoms with Crippen molar-refractivity contribution >= 4 is 23.4 Å². The number of amides is 3.